The summed E-state index contributed by atoms with van der Waals surface area (Å²) in [5.41, 5.74) is 0.534. The van der Waals surface area contributed by atoms with Crippen LogP contribution in [0.25, 0.3) is 0 Å². The summed E-state index contributed by atoms with van der Waals surface area (Å²) in [6.07, 6.45) is 2.58. The molecule has 1 atom stereocenters. The quantitative estimate of drug-likeness (QED) is 0.849. The molecule has 0 spiro atoms. The molecular formula is C13H17ClN4. The summed E-state index contributed by atoms with van der Waals surface area (Å²) >= 11 is 5.86. The van der Waals surface area contributed by atoms with Crippen LogP contribution in [0.5, 0.6) is 0 Å². The molecule has 1 aliphatic heterocycles. The smallest absolute Gasteiger partial charge is 0.132 e. The zero-order valence-electron chi connectivity index (χ0n) is 10.5. The molecule has 4 nitrogen and oxygen atoms in total. The maximum absolute atomic E-state index is 8.86. The Kier molecular flexibility index (Phi) is 4.40. The van der Waals surface area contributed by atoms with Gasteiger partial charge in [-0.05, 0) is 45.0 Å². The molecule has 1 aromatic heterocycles. The van der Waals surface area contributed by atoms with Crippen LogP contribution in [0.1, 0.15) is 25.3 Å². The molecule has 1 aromatic rings. The molecule has 0 radical (unpaired) electrons. The van der Waals surface area contributed by atoms with E-state index in [2.05, 4.69) is 28.2 Å². The predicted molar refractivity (Wildman–Crippen MR) is 72.7 cm³/mol. The van der Waals surface area contributed by atoms with Gasteiger partial charge in [0.25, 0.3) is 0 Å². The van der Waals surface area contributed by atoms with Crippen LogP contribution in [0.2, 0.25) is 5.15 Å². The Labute approximate surface area is 113 Å². The molecule has 0 aliphatic carbocycles. The number of hydrogen-bond acceptors (Lipinski definition) is 4. The molecule has 1 saturated heterocycles. The third kappa shape index (κ3) is 3.34. The van der Waals surface area contributed by atoms with Gasteiger partial charge in [-0.25, -0.2) is 4.98 Å². The highest BCUT2D eigenvalue weighted by Gasteiger charge is 2.17. The van der Waals surface area contributed by atoms with Gasteiger partial charge in [0.15, 0.2) is 0 Å². The Hall–Kier alpha value is -1.31. The topological polar surface area (TPSA) is 52.0 Å². The van der Waals surface area contributed by atoms with Gasteiger partial charge in [0.2, 0.25) is 0 Å². The molecule has 0 saturated carbocycles. The second-order valence-electron chi connectivity index (χ2n) is 4.65. The Bertz CT molecular complexity index is 449. The average Bonchev–Trinajstić information content (AvgIpc) is 2.89. The van der Waals surface area contributed by atoms with E-state index in [1.165, 1.54) is 25.9 Å². The van der Waals surface area contributed by atoms with Crippen molar-refractivity contribution in [1.82, 2.24) is 9.88 Å². The van der Waals surface area contributed by atoms with Crippen molar-refractivity contribution < 1.29 is 0 Å². The zero-order valence-corrected chi connectivity index (χ0v) is 11.2. The fourth-order valence-corrected chi connectivity index (χ4v) is 2.42. The summed E-state index contributed by atoms with van der Waals surface area (Å²) in [5.74, 6) is 0.671. The number of nitriles is 1. The van der Waals surface area contributed by atoms with E-state index < -0.39 is 0 Å². The van der Waals surface area contributed by atoms with Crippen LogP contribution in [-0.4, -0.2) is 35.6 Å². The molecule has 0 bridgehead atoms. The van der Waals surface area contributed by atoms with Crippen molar-refractivity contribution >= 4 is 17.4 Å². The van der Waals surface area contributed by atoms with Gasteiger partial charge in [-0.15, -0.1) is 0 Å². The average molecular weight is 265 g/mol. The largest absolute Gasteiger partial charge is 0.368 e. The van der Waals surface area contributed by atoms with Gasteiger partial charge < -0.3 is 5.32 Å². The number of hydrogen-bond donors (Lipinski definition) is 1. The Morgan fingerprint density at radius 3 is 2.89 bits per heavy atom. The molecule has 2 rings (SSSR count). The highest BCUT2D eigenvalue weighted by atomic mass is 35.5. The molecule has 96 valence electrons. The first-order valence-electron chi connectivity index (χ1n) is 6.24. The standard InChI is InChI=1S/C13H17ClN4/c1-10(18-4-2-3-5-18)9-16-13-7-11(8-15)6-12(14)17-13/h6-7,10H,2-5,9H2,1H3,(H,16,17). The lowest BCUT2D eigenvalue weighted by atomic mass is 10.2. The molecule has 1 aliphatic rings. The van der Waals surface area contributed by atoms with E-state index in [1.54, 1.807) is 12.1 Å². The second-order valence-corrected chi connectivity index (χ2v) is 5.04. The number of rotatable bonds is 4. The molecule has 1 fully saturated rings. The zero-order chi connectivity index (χ0) is 13.0. The monoisotopic (exact) mass is 264 g/mol. The molecule has 2 heterocycles. The molecule has 1 N–H and O–H groups in total. The maximum Gasteiger partial charge on any atom is 0.132 e. The van der Waals surface area contributed by atoms with Gasteiger partial charge in [0.1, 0.15) is 11.0 Å². The van der Waals surface area contributed by atoms with Gasteiger partial charge in [-0.2, -0.15) is 5.26 Å². The van der Waals surface area contributed by atoms with Crippen molar-refractivity contribution in [3.63, 3.8) is 0 Å². The Balaban J connectivity index is 1.93. The number of nitrogens with zero attached hydrogens (tertiary/aromatic N) is 3. The first-order valence-corrected chi connectivity index (χ1v) is 6.62. The van der Waals surface area contributed by atoms with Crippen molar-refractivity contribution in [2.24, 2.45) is 0 Å². The summed E-state index contributed by atoms with van der Waals surface area (Å²) in [4.78, 5) is 6.63. The molecule has 1 unspecified atom stereocenters. The lowest BCUT2D eigenvalue weighted by Gasteiger charge is -2.24. The van der Waals surface area contributed by atoms with E-state index in [0.717, 1.165) is 6.54 Å². The minimum Gasteiger partial charge on any atom is -0.368 e. The molecule has 18 heavy (non-hydrogen) atoms. The number of anilines is 1. The summed E-state index contributed by atoms with van der Waals surface area (Å²) < 4.78 is 0. The number of halogens is 1. The van der Waals surface area contributed by atoms with Crippen LogP contribution in [0.3, 0.4) is 0 Å². The van der Waals surface area contributed by atoms with E-state index >= 15 is 0 Å². The third-order valence-corrected chi connectivity index (χ3v) is 3.46. The molecule has 5 heteroatoms. The van der Waals surface area contributed by atoms with Gasteiger partial charge in [0, 0.05) is 12.6 Å². The number of likely N-dealkylation sites (tertiary alicyclic amines) is 1. The fraction of sp³-hybridized carbons (Fsp3) is 0.538. The van der Waals surface area contributed by atoms with Crippen LogP contribution in [0.15, 0.2) is 12.1 Å². The van der Waals surface area contributed by atoms with Crippen molar-refractivity contribution in [3.8, 4) is 6.07 Å². The van der Waals surface area contributed by atoms with Crippen molar-refractivity contribution in [2.45, 2.75) is 25.8 Å². The van der Waals surface area contributed by atoms with Gasteiger partial charge in [0.05, 0.1) is 11.6 Å². The maximum atomic E-state index is 8.86. The summed E-state index contributed by atoms with van der Waals surface area (Å²) in [6.45, 7) is 5.37. The van der Waals surface area contributed by atoms with E-state index in [0.29, 0.717) is 22.6 Å². The summed E-state index contributed by atoms with van der Waals surface area (Å²) in [5, 5.41) is 12.5. The van der Waals surface area contributed by atoms with E-state index in [4.69, 9.17) is 16.9 Å². The van der Waals surface area contributed by atoms with E-state index in [1.807, 2.05) is 0 Å². The number of aromatic nitrogens is 1. The van der Waals surface area contributed by atoms with Crippen molar-refractivity contribution in [1.29, 1.82) is 5.26 Å². The van der Waals surface area contributed by atoms with Crippen molar-refractivity contribution in [3.05, 3.63) is 22.8 Å². The highest BCUT2D eigenvalue weighted by molar-refractivity contribution is 6.29. The summed E-state index contributed by atoms with van der Waals surface area (Å²) in [6, 6.07) is 5.84. The first kappa shape index (κ1) is 13.1. The van der Waals surface area contributed by atoms with E-state index in [9.17, 15) is 0 Å². The minimum atomic E-state index is 0.352. The van der Waals surface area contributed by atoms with Gasteiger partial charge >= 0.3 is 0 Å². The molecule has 0 aromatic carbocycles. The van der Waals surface area contributed by atoms with Crippen LogP contribution in [0, 0.1) is 11.3 Å². The van der Waals surface area contributed by atoms with Crippen LogP contribution in [-0.2, 0) is 0 Å². The summed E-state index contributed by atoms with van der Waals surface area (Å²) in [7, 11) is 0. The van der Waals surface area contributed by atoms with Crippen molar-refractivity contribution in [2.75, 3.05) is 25.0 Å². The number of pyridine rings is 1. The Morgan fingerprint density at radius 1 is 1.50 bits per heavy atom. The van der Waals surface area contributed by atoms with Crippen LogP contribution >= 0.6 is 11.6 Å². The fourth-order valence-electron chi connectivity index (χ4n) is 2.22. The Morgan fingerprint density at radius 2 is 2.22 bits per heavy atom. The normalized spacial score (nSPS) is 17.4. The molecular weight excluding hydrogens is 248 g/mol. The highest BCUT2D eigenvalue weighted by Crippen LogP contribution is 2.15. The second kappa shape index (κ2) is 6.03. The number of nitrogens with one attached hydrogen (secondary N) is 1. The lowest BCUT2D eigenvalue weighted by Crippen LogP contribution is -2.35. The van der Waals surface area contributed by atoms with E-state index in [-0.39, 0.29) is 0 Å². The van der Waals surface area contributed by atoms with Crippen LogP contribution in [0.4, 0.5) is 5.82 Å². The SMILES string of the molecule is CC(CNc1cc(C#N)cc(Cl)n1)N1CCCC1. The first-order chi connectivity index (χ1) is 8.69. The third-order valence-electron chi connectivity index (χ3n) is 3.27. The minimum absolute atomic E-state index is 0.352. The van der Waals surface area contributed by atoms with Gasteiger partial charge in [-0.1, -0.05) is 11.6 Å². The van der Waals surface area contributed by atoms with Gasteiger partial charge in [-0.3, -0.25) is 4.90 Å². The predicted octanol–water partition coefficient (Wildman–Crippen LogP) is 2.50. The lowest BCUT2D eigenvalue weighted by molar-refractivity contribution is 0.269. The van der Waals surface area contributed by atoms with Crippen LogP contribution < -0.4 is 5.32 Å². The molecule has 0 amide bonds.